The summed E-state index contributed by atoms with van der Waals surface area (Å²) < 4.78 is 5.45. The Hall–Kier alpha value is -2.77. The smallest absolute Gasteiger partial charge is 0.408 e. The number of rotatable bonds is 9. The number of ether oxygens (including phenoxy) is 1. The van der Waals surface area contributed by atoms with E-state index in [2.05, 4.69) is 17.6 Å². The molecule has 0 bridgehead atoms. The molecule has 0 saturated heterocycles. The quantitative estimate of drug-likeness (QED) is 0.426. The summed E-state index contributed by atoms with van der Waals surface area (Å²) in [6.45, 7) is 11.4. The molecule has 0 heterocycles. The molecular weight excluding hydrogens is 470 g/mol. The molecule has 3 amide bonds. The minimum atomic E-state index is -0.911. The molecule has 3 N–H and O–H groups in total. The number of nitrogens with zero attached hydrogens (tertiary/aromatic N) is 1. The second-order valence-corrected chi connectivity index (χ2v) is 12.2. The van der Waals surface area contributed by atoms with Gasteiger partial charge in [0.2, 0.25) is 11.8 Å². The van der Waals surface area contributed by atoms with Gasteiger partial charge in [0, 0.05) is 12.1 Å². The zero-order chi connectivity index (χ0) is 27.3. The van der Waals surface area contributed by atoms with Gasteiger partial charge in [0.05, 0.1) is 0 Å². The van der Waals surface area contributed by atoms with Crippen molar-refractivity contribution in [3.8, 4) is 5.75 Å². The monoisotopic (exact) mass is 515 g/mol. The molecule has 2 aliphatic rings. The lowest BCUT2D eigenvalue weighted by Crippen LogP contribution is -2.55. The van der Waals surface area contributed by atoms with Crippen LogP contribution in [-0.4, -0.2) is 51.6 Å². The van der Waals surface area contributed by atoms with Crippen LogP contribution < -0.4 is 10.6 Å². The SMILES string of the molecule is CC(C)CC(NC(=O)OC(C)(C)C)C(=O)N(C(C(=O)NC1CCCCC1)c1cccc(O)c1)C1CC1C. The van der Waals surface area contributed by atoms with E-state index >= 15 is 0 Å². The molecule has 206 valence electrons. The first-order chi connectivity index (χ1) is 17.4. The molecule has 8 heteroatoms. The Morgan fingerprint density at radius 2 is 1.78 bits per heavy atom. The van der Waals surface area contributed by atoms with E-state index in [1.165, 1.54) is 6.42 Å². The predicted molar refractivity (Wildman–Crippen MR) is 143 cm³/mol. The van der Waals surface area contributed by atoms with E-state index in [0.717, 1.165) is 32.1 Å². The van der Waals surface area contributed by atoms with Crippen molar-refractivity contribution in [1.82, 2.24) is 15.5 Å². The molecule has 37 heavy (non-hydrogen) atoms. The summed E-state index contributed by atoms with van der Waals surface area (Å²) in [5.74, 6) is -0.161. The minimum absolute atomic E-state index is 0.0369. The number of hydrogen-bond acceptors (Lipinski definition) is 5. The second-order valence-electron chi connectivity index (χ2n) is 12.2. The van der Waals surface area contributed by atoms with Crippen molar-refractivity contribution in [2.24, 2.45) is 11.8 Å². The number of alkyl carbamates (subject to hydrolysis) is 1. The van der Waals surface area contributed by atoms with Crippen molar-refractivity contribution in [2.75, 3.05) is 0 Å². The summed E-state index contributed by atoms with van der Waals surface area (Å²) in [6, 6.07) is 4.75. The van der Waals surface area contributed by atoms with E-state index in [1.54, 1.807) is 49.9 Å². The van der Waals surface area contributed by atoms with Crippen molar-refractivity contribution in [3.63, 3.8) is 0 Å². The van der Waals surface area contributed by atoms with Gasteiger partial charge in [-0.05, 0) is 76.0 Å². The molecule has 0 spiro atoms. The Bertz CT molecular complexity index is 951. The van der Waals surface area contributed by atoms with Crippen LogP contribution in [0.4, 0.5) is 4.79 Å². The van der Waals surface area contributed by atoms with Crippen LogP contribution in [0.2, 0.25) is 0 Å². The number of hydrogen-bond donors (Lipinski definition) is 3. The van der Waals surface area contributed by atoms with Crippen molar-refractivity contribution in [2.45, 2.75) is 116 Å². The van der Waals surface area contributed by atoms with Crippen molar-refractivity contribution < 1.29 is 24.2 Å². The molecule has 2 aliphatic carbocycles. The van der Waals surface area contributed by atoms with Crippen LogP contribution in [0.25, 0.3) is 0 Å². The molecule has 8 nitrogen and oxygen atoms in total. The molecule has 1 aromatic rings. The number of carbonyl (C=O) groups excluding carboxylic acids is 3. The fourth-order valence-electron chi connectivity index (χ4n) is 5.16. The molecule has 4 atom stereocenters. The average Bonchev–Trinajstić information content (AvgIpc) is 3.51. The molecule has 0 radical (unpaired) electrons. The summed E-state index contributed by atoms with van der Waals surface area (Å²) in [6.07, 6.45) is 5.67. The number of aromatic hydroxyl groups is 1. The molecule has 0 aliphatic heterocycles. The zero-order valence-electron chi connectivity index (χ0n) is 23.3. The molecule has 2 fully saturated rings. The summed E-state index contributed by atoms with van der Waals surface area (Å²) >= 11 is 0. The van der Waals surface area contributed by atoms with E-state index < -0.39 is 23.8 Å². The predicted octanol–water partition coefficient (Wildman–Crippen LogP) is 5.06. The maximum absolute atomic E-state index is 14.2. The fourth-order valence-corrected chi connectivity index (χ4v) is 5.16. The minimum Gasteiger partial charge on any atom is -0.508 e. The normalized spacial score (nSPS) is 21.6. The van der Waals surface area contributed by atoms with E-state index in [0.29, 0.717) is 12.0 Å². The van der Waals surface area contributed by atoms with Crippen LogP contribution in [0.5, 0.6) is 5.75 Å². The highest BCUT2D eigenvalue weighted by atomic mass is 16.6. The molecule has 4 unspecified atom stereocenters. The highest BCUT2D eigenvalue weighted by molar-refractivity contribution is 5.92. The highest BCUT2D eigenvalue weighted by Crippen LogP contribution is 2.41. The Morgan fingerprint density at radius 3 is 2.32 bits per heavy atom. The van der Waals surface area contributed by atoms with Gasteiger partial charge in [0.15, 0.2) is 0 Å². The van der Waals surface area contributed by atoms with E-state index in [1.807, 2.05) is 13.8 Å². The lowest BCUT2D eigenvalue weighted by molar-refractivity contribution is -0.144. The number of nitrogens with one attached hydrogen (secondary N) is 2. The van der Waals surface area contributed by atoms with Crippen molar-refractivity contribution in [1.29, 1.82) is 0 Å². The zero-order valence-corrected chi connectivity index (χ0v) is 23.3. The summed E-state index contributed by atoms with van der Waals surface area (Å²) in [4.78, 5) is 42.4. The topological polar surface area (TPSA) is 108 Å². The fraction of sp³-hybridized carbons (Fsp3) is 0.690. The Kier molecular flexibility index (Phi) is 9.48. The number of amides is 3. The standard InChI is InChI=1S/C29H45N3O5/c1-18(2)15-23(31-28(36)37-29(4,5)6)27(35)32(24-16-19(24)3)25(20-11-10-14-22(33)17-20)26(34)30-21-12-8-7-9-13-21/h10-11,14,17-19,21,23-25,33H,7-9,12-13,15-16H2,1-6H3,(H,30,34)(H,31,36). The van der Waals surface area contributed by atoms with Gasteiger partial charge in [-0.1, -0.05) is 52.2 Å². The molecule has 3 rings (SSSR count). The first-order valence-corrected chi connectivity index (χ1v) is 13.8. The van der Waals surface area contributed by atoms with E-state index in [4.69, 9.17) is 4.74 Å². The summed E-state index contributed by atoms with van der Waals surface area (Å²) in [5, 5.41) is 16.2. The third kappa shape index (κ3) is 8.37. The Morgan fingerprint density at radius 1 is 1.14 bits per heavy atom. The maximum atomic E-state index is 14.2. The number of phenols is 1. The van der Waals surface area contributed by atoms with Gasteiger partial charge in [0.25, 0.3) is 0 Å². The third-order valence-corrected chi connectivity index (χ3v) is 7.04. The van der Waals surface area contributed by atoms with Crippen LogP contribution in [0.1, 0.15) is 98.1 Å². The summed E-state index contributed by atoms with van der Waals surface area (Å²) in [5.41, 5.74) is -0.147. The number of phenolic OH excluding ortho intramolecular Hbond substituents is 1. The molecule has 0 aromatic heterocycles. The first kappa shape index (κ1) is 28.8. The molecular formula is C29H45N3O5. The van der Waals surface area contributed by atoms with Crippen LogP contribution in [0.15, 0.2) is 24.3 Å². The lowest BCUT2D eigenvalue weighted by Gasteiger charge is -2.36. The van der Waals surface area contributed by atoms with Gasteiger partial charge < -0.3 is 25.4 Å². The Balaban J connectivity index is 1.96. The maximum Gasteiger partial charge on any atom is 0.408 e. The third-order valence-electron chi connectivity index (χ3n) is 7.04. The summed E-state index contributed by atoms with van der Waals surface area (Å²) in [7, 11) is 0. The van der Waals surface area contributed by atoms with Gasteiger partial charge in [-0.2, -0.15) is 0 Å². The second kappa shape index (κ2) is 12.2. The van der Waals surface area contributed by atoms with E-state index in [-0.39, 0.29) is 41.5 Å². The van der Waals surface area contributed by atoms with Gasteiger partial charge in [0.1, 0.15) is 23.4 Å². The van der Waals surface area contributed by atoms with Gasteiger partial charge >= 0.3 is 6.09 Å². The average molecular weight is 516 g/mol. The van der Waals surface area contributed by atoms with E-state index in [9.17, 15) is 19.5 Å². The van der Waals surface area contributed by atoms with Crippen LogP contribution >= 0.6 is 0 Å². The van der Waals surface area contributed by atoms with Crippen LogP contribution in [0.3, 0.4) is 0 Å². The lowest BCUT2D eigenvalue weighted by atomic mass is 9.94. The van der Waals surface area contributed by atoms with Gasteiger partial charge in [-0.15, -0.1) is 0 Å². The number of benzene rings is 1. The first-order valence-electron chi connectivity index (χ1n) is 13.8. The van der Waals surface area contributed by atoms with Crippen LogP contribution in [-0.2, 0) is 14.3 Å². The molecule has 2 saturated carbocycles. The highest BCUT2D eigenvalue weighted by Gasteiger charge is 2.48. The van der Waals surface area contributed by atoms with Crippen molar-refractivity contribution >= 4 is 17.9 Å². The molecule has 1 aromatic carbocycles. The Labute approximate surface area is 221 Å². The van der Waals surface area contributed by atoms with Crippen LogP contribution in [0, 0.1) is 11.8 Å². The van der Waals surface area contributed by atoms with Gasteiger partial charge in [-0.25, -0.2) is 4.79 Å². The van der Waals surface area contributed by atoms with Gasteiger partial charge in [-0.3, -0.25) is 9.59 Å². The van der Waals surface area contributed by atoms with Crippen molar-refractivity contribution in [3.05, 3.63) is 29.8 Å². The largest absolute Gasteiger partial charge is 0.508 e. The number of carbonyl (C=O) groups is 3.